The summed E-state index contributed by atoms with van der Waals surface area (Å²) in [5.41, 5.74) is 7.68. The molecular formula is C13H14N6. The Hall–Kier alpha value is -2.63. The van der Waals surface area contributed by atoms with E-state index >= 15 is 0 Å². The van der Waals surface area contributed by atoms with Crippen molar-refractivity contribution in [1.29, 1.82) is 0 Å². The number of hydrogen-bond donors (Lipinski definition) is 2. The van der Waals surface area contributed by atoms with Crippen molar-refractivity contribution in [3.8, 4) is 0 Å². The van der Waals surface area contributed by atoms with E-state index in [1.54, 1.807) is 18.7 Å². The first-order chi connectivity index (χ1) is 9.25. The topological polar surface area (TPSA) is 81.7 Å². The van der Waals surface area contributed by atoms with Crippen molar-refractivity contribution in [2.45, 2.75) is 6.54 Å². The fourth-order valence-electron chi connectivity index (χ4n) is 2.01. The summed E-state index contributed by atoms with van der Waals surface area (Å²) >= 11 is 0. The standard InChI is InChI=1S/C13H14N6/c1-19-8-17-18-13(19)7-16-12-3-2-11(14)10-6-15-5-4-9(10)12/h2-6,8,16H,7,14H2,1H3. The quantitative estimate of drug-likeness (QED) is 0.693. The zero-order valence-corrected chi connectivity index (χ0v) is 10.5. The average Bonchev–Trinajstić information content (AvgIpc) is 2.84. The van der Waals surface area contributed by atoms with Gasteiger partial charge in [-0.1, -0.05) is 0 Å². The van der Waals surface area contributed by atoms with E-state index in [-0.39, 0.29) is 0 Å². The highest BCUT2D eigenvalue weighted by Gasteiger charge is 2.05. The number of rotatable bonds is 3. The van der Waals surface area contributed by atoms with Crippen LogP contribution in [0.1, 0.15) is 5.82 Å². The Morgan fingerprint density at radius 2 is 2.16 bits per heavy atom. The van der Waals surface area contributed by atoms with Crippen LogP contribution in [0.3, 0.4) is 0 Å². The molecule has 0 aliphatic carbocycles. The number of aromatic nitrogens is 4. The molecule has 0 saturated carbocycles. The minimum Gasteiger partial charge on any atom is -0.398 e. The van der Waals surface area contributed by atoms with Gasteiger partial charge in [-0.05, 0) is 18.2 Å². The summed E-state index contributed by atoms with van der Waals surface area (Å²) in [6.45, 7) is 0.609. The molecule has 3 rings (SSSR count). The zero-order chi connectivity index (χ0) is 13.2. The van der Waals surface area contributed by atoms with Crippen molar-refractivity contribution in [1.82, 2.24) is 19.7 Å². The number of nitrogen functional groups attached to an aromatic ring is 1. The number of fused-ring (bicyclic) bond motifs is 1. The lowest BCUT2D eigenvalue weighted by Crippen LogP contribution is -2.06. The van der Waals surface area contributed by atoms with Gasteiger partial charge in [0.2, 0.25) is 0 Å². The summed E-state index contributed by atoms with van der Waals surface area (Å²) in [6, 6.07) is 5.79. The Kier molecular flexibility index (Phi) is 2.75. The van der Waals surface area contributed by atoms with E-state index < -0.39 is 0 Å². The molecule has 6 nitrogen and oxygen atoms in total. The molecule has 3 aromatic rings. The second-order valence-corrected chi connectivity index (χ2v) is 4.34. The second kappa shape index (κ2) is 4.56. The number of nitrogens with two attached hydrogens (primary N) is 1. The molecule has 0 fully saturated rings. The average molecular weight is 254 g/mol. The Bertz CT molecular complexity index is 718. The van der Waals surface area contributed by atoms with Crippen molar-refractivity contribution in [2.24, 2.45) is 7.05 Å². The van der Waals surface area contributed by atoms with Gasteiger partial charge in [0.1, 0.15) is 6.33 Å². The van der Waals surface area contributed by atoms with E-state index in [4.69, 9.17) is 5.73 Å². The van der Waals surface area contributed by atoms with Crippen molar-refractivity contribution in [3.05, 3.63) is 42.7 Å². The minimum absolute atomic E-state index is 0.609. The predicted octanol–water partition coefficient (Wildman–Crippen LogP) is 1.56. The van der Waals surface area contributed by atoms with Crippen molar-refractivity contribution >= 4 is 22.1 Å². The summed E-state index contributed by atoms with van der Waals surface area (Å²) in [7, 11) is 1.92. The minimum atomic E-state index is 0.609. The normalized spacial score (nSPS) is 10.8. The van der Waals surface area contributed by atoms with Crippen LogP contribution in [0.15, 0.2) is 36.9 Å². The fraction of sp³-hybridized carbons (Fsp3) is 0.154. The third-order valence-corrected chi connectivity index (χ3v) is 3.09. The second-order valence-electron chi connectivity index (χ2n) is 4.34. The first-order valence-corrected chi connectivity index (χ1v) is 5.94. The van der Waals surface area contributed by atoms with Gasteiger partial charge < -0.3 is 15.6 Å². The van der Waals surface area contributed by atoms with Crippen LogP contribution in [0.2, 0.25) is 0 Å². The summed E-state index contributed by atoms with van der Waals surface area (Å²) in [5.74, 6) is 0.874. The molecule has 3 N–H and O–H groups in total. The number of aryl methyl sites for hydroxylation is 1. The van der Waals surface area contributed by atoms with Crippen molar-refractivity contribution in [3.63, 3.8) is 0 Å². The van der Waals surface area contributed by atoms with E-state index in [0.29, 0.717) is 6.54 Å². The monoisotopic (exact) mass is 254 g/mol. The van der Waals surface area contributed by atoms with Gasteiger partial charge in [0, 0.05) is 41.6 Å². The third kappa shape index (κ3) is 2.08. The van der Waals surface area contributed by atoms with Gasteiger partial charge in [-0.2, -0.15) is 0 Å². The molecule has 1 aromatic carbocycles. The first-order valence-electron chi connectivity index (χ1n) is 5.94. The fourth-order valence-corrected chi connectivity index (χ4v) is 2.01. The molecule has 0 amide bonds. The molecule has 19 heavy (non-hydrogen) atoms. The van der Waals surface area contributed by atoms with Crippen LogP contribution >= 0.6 is 0 Å². The molecule has 2 heterocycles. The van der Waals surface area contributed by atoms with Gasteiger partial charge in [0.25, 0.3) is 0 Å². The molecule has 0 aliphatic heterocycles. The predicted molar refractivity (Wildman–Crippen MR) is 74.5 cm³/mol. The molecular weight excluding hydrogens is 240 g/mol. The molecule has 2 aromatic heterocycles. The third-order valence-electron chi connectivity index (χ3n) is 3.09. The Morgan fingerprint density at radius 1 is 1.26 bits per heavy atom. The van der Waals surface area contributed by atoms with E-state index in [2.05, 4.69) is 20.5 Å². The lowest BCUT2D eigenvalue weighted by Gasteiger charge is -2.10. The van der Waals surface area contributed by atoms with Crippen LogP contribution in [0.25, 0.3) is 10.8 Å². The molecule has 0 radical (unpaired) electrons. The summed E-state index contributed by atoms with van der Waals surface area (Å²) in [5, 5.41) is 13.2. The van der Waals surface area contributed by atoms with Gasteiger partial charge in [0.05, 0.1) is 6.54 Å². The molecule has 0 bridgehead atoms. The summed E-state index contributed by atoms with van der Waals surface area (Å²) in [4.78, 5) is 4.10. The Morgan fingerprint density at radius 3 is 2.95 bits per heavy atom. The smallest absolute Gasteiger partial charge is 0.151 e. The summed E-state index contributed by atoms with van der Waals surface area (Å²) in [6.07, 6.45) is 5.22. The number of nitrogens with one attached hydrogen (secondary N) is 1. The molecule has 0 unspecified atom stereocenters. The van der Waals surface area contributed by atoms with Crippen LogP contribution in [-0.4, -0.2) is 19.7 Å². The highest BCUT2D eigenvalue weighted by molar-refractivity contribution is 6.00. The van der Waals surface area contributed by atoms with Gasteiger partial charge >= 0.3 is 0 Å². The van der Waals surface area contributed by atoms with Crippen molar-refractivity contribution in [2.75, 3.05) is 11.1 Å². The molecule has 0 saturated heterocycles. The van der Waals surface area contributed by atoms with Crippen LogP contribution in [0.5, 0.6) is 0 Å². The van der Waals surface area contributed by atoms with E-state index in [9.17, 15) is 0 Å². The SMILES string of the molecule is Cn1cnnc1CNc1ccc(N)c2cnccc12. The Labute approximate surface area is 110 Å². The Balaban J connectivity index is 1.93. The highest BCUT2D eigenvalue weighted by Crippen LogP contribution is 2.27. The number of pyridine rings is 1. The number of benzene rings is 1. The number of nitrogens with zero attached hydrogens (tertiary/aromatic N) is 4. The largest absolute Gasteiger partial charge is 0.398 e. The van der Waals surface area contributed by atoms with Gasteiger partial charge in [-0.15, -0.1) is 10.2 Å². The maximum Gasteiger partial charge on any atom is 0.151 e. The van der Waals surface area contributed by atoms with Crippen LogP contribution in [0.4, 0.5) is 11.4 Å². The molecule has 0 aliphatic rings. The van der Waals surface area contributed by atoms with Crippen LogP contribution in [0, 0.1) is 0 Å². The van der Waals surface area contributed by atoms with E-state index in [0.717, 1.165) is 28.0 Å². The van der Waals surface area contributed by atoms with Gasteiger partial charge in [-0.3, -0.25) is 4.98 Å². The maximum absolute atomic E-state index is 5.95. The van der Waals surface area contributed by atoms with Crippen LogP contribution in [-0.2, 0) is 13.6 Å². The van der Waals surface area contributed by atoms with E-state index in [1.165, 1.54) is 0 Å². The summed E-state index contributed by atoms with van der Waals surface area (Å²) < 4.78 is 1.88. The van der Waals surface area contributed by atoms with Gasteiger partial charge in [-0.25, -0.2) is 0 Å². The number of anilines is 2. The van der Waals surface area contributed by atoms with Crippen LogP contribution < -0.4 is 11.1 Å². The molecule has 0 spiro atoms. The van der Waals surface area contributed by atoms with Crippen molar-refractivity contribution < 1.29 is 0 Å². The zero-order valence-electron chi connectivity index (χ0n) is 10.5. The lowest BCUT2D eigenvalue weighted by molar-refractivity contribution is 0.813. The maximum atomic E-state index is 5.95. The first kappa shape index (κ1) is 11.5. The lowest BCUT2D eigenvalue weighted by atomic mass is 10.1. The van der Waals surface area contributed by atoms with E-state index in [1.807, 2.05) is 29.8 Å². The molecule has 96 valence electrons. The molecule has 0 atom stereocenters. The highest BCUT2D eigenvalue weighted by atomic mass is 15.3. The van der Waals surface area contributed by atoms with Gasteiger partial charge in [0.15, 0.2) is 5.82 Å². The number of hydrogen-bond acceptors (Lipinski definition) is 5. The molecule has 6 heteroatoms.